The number of rotatable bonds is 4. The number of benzene rings is 1. The molecule has 0 unspecified atom stereocenters. The largest absolute Gasteiger partial charge is 0.351 e. The lowest BCUT2D eigenvalue weighted by Crippen LogP contribution is -2.11. The summed E-state index contributed by atoms with van der Waals surface area (Å²) in [6.07, 6.45) is 3.15. The van der Waals surface area contributed by atoms with Crippen molar-refractivity contribution in [1.29, 1.82) is 0 Å². The molecule has 7 heteroatoms. The third-order valence-electron chi connectivity index (χ3n) is 2.47. The summed E-state index contributed by atoms with van der Waals surface area (Å²) in [5.74, 6) is -0.412. The zero-order chi connectivity index (χ0) is 13.8. The van der Waals surface area contributed by atoms with Crippen molar-refractivity contribution < 1.29 is 9.72 Å². The van der Waals surface area contributed by atoms with Crippen LogP contribution in [-0.2, 0) is 0 Å². The summed E-state index contributed by atoms with van der Waals surface area (Å²) in [5, 5.41) is 13.2. The Morgan fingerprint density at radius 2 is 2.05 bits per heavy atom. The molecule has 0 fully saturated rings. The summed E-state index contributed by atoms with van der Waals surface area (Å²) < 4.78 is 0. The van der Waals surface area contributed by atoms with Crippen LogP contribution in [0.1, 0.15) is 10.5 Å². The standard InChI is InChI=1S/C12H11N3O3S/c1-19-10-4-2-8(3-5-10)14-12(16)11-6-9(7-13-11)15(17)18/h2-7,13H,1H3,(H,14,16). The van der Waals surface area contributed by atoms with Gasteiger partial charge in [0.2, 0.25) is 0 Å². The molecular formula is C12H11N3O3S. The van der Waals surface area contributed by atoms with Crippen molar-refractivity contribution in [3.63, 3.8) is 0 Å². The van der Waals surface area contributed by atoms with Gasteiger partial charge in [-0.1, -0.05) is 0 Å². The van der Waals surface area contributed by atoms with Crippen LogP contribution < -0.4 is 5.32 Å². The molecule has 2 rings (SSSR count). The molecule has 0 radical (unpaired) electrons. The first kappa shape index (κ1) is 13.2. The predicted molar refractivity (Wildman–Crippen MR) is 73.6 cm³/mol. The molecule has 1 aromatic carbocycles. The first-order valence-electron chi connectivity index (χ1n) is 5.38. The molecule has 0 aliphatic heterocycles. The van der Waals surface area contributed by atoms with Crippen molar-refractivity contribution in [3.05, 3.63) is 52.3 Å². The van der Waals surface area contributed by atoms with Crippen LogP contribution in [0.25, 0.3) is 0 Å². The number of nitrogens with zero attached hydrogens (tertiary/aromatic N) is 1. The number of H-pyrrole nitrogens is 1. The number of hydrogen-bond acceptors (Lipinski definition) is 4. The Kier molecular flexibility index (Phi) is 3.86. The number of hydrogen-bond donors (Lipinski definition) is 2. The molecule has 98 valence electrons. The highest BCUT2D eigenvalue weighted by Gasteiger charge is 2.14. The lowest BCUT2D eigenvalue weighted by atomic mass is 10.3. The molecule has 0 saturated carbocycles. The zero-order valence-corrected chi connectivity index (χ0v) is 10.9. The van der Waals surface area contributed by atoms with Crippen molar-refractivity contribution in [2.24, 2.45) is 0 Å². The number of carbonyl (C=O) groups is 1. The molecule has 0 aliphatic carbocycles. The molecule has 0 atom stereocenters. The monoisotopic (exact) mass is 277 g/mol. The fraction of sp³-hybridized carbons (Fsp3) is 0.0833. The number of nitrogens with one attached hydrogen (secondary N) is 2. The van der Waals surface area contributed by atoms with Crippen molar-refractivity contribution in [2.45, 2.75) is 4.90 Å². The van der Waals surface area contributed by atoms with E-state index in [1.807, 2.05) is 18.4 Å². The lowest BCUT2D eigenvalue weighted by molar-refractivity contribution is -0.384. The summed E-state index contributed by atoms with van der Waals surface area (Å²) >= 11 is 1.61. The average Bonchev–Trinajstić information content (AvgIpc) is 2.89. The molecule has 0 bridgehead atoms. The predicted octanol–water partition coefficient (Wildman–Crippen LogP) is 2.90. The van der Waals surface area contributed by atoms with Crippen LogP contribution in [0.15, 0.2) is 41.4 Å². The van der Waals surface area contributed by atoms with E-state index in [9.17, 15) is 14.9 Å². The molecule has 1 aromatic heterocycles. The zero-order valence-electron chi connectivity index (χ0n) is 10.0. The molecular weight excluding hydrogens is 266 g/mol. The van der Waals surface area contributed by atoms with Crippen LogP contribution >= 0.6 is 11.8 Å². The van der Waals surface area contributed by atoms with Gasteiger partial charge in [-0.15, -0.1) is 11.8 Å². The highest BCUT2D eigenvalue weighted by Crippen LogP contribution is 2.18. The van der Waals surface area contributed by atoms with Gasteiger partial charge in [0.25, 0.3) is 11.6 Å². The molecule has 1 amide bonds. The van der Waals surface area contributed by atoms with Crippen molar-refractivity contribution in [1.82, 2.24) is 4.98 Å². The van der Waals surface area contributed by atoms with Gasteiger partial charge in [0, 0.05) is 16.6 Å². The van der Waals surface area contributed by atoms with Gasteiger partial charge in [0.15, 0.2) is 0 Å². The third kappa shape index (κ3) is 3.14. The van der Waals surface area contributed by atoms with Gasteiger partial charge >= 0.3 is 0 Å². The summed E-state index contributed by atoms with van der Waals surface area (Å²) in [5.41, 5.74) is 0.656. The first-order valence-corrected chi connectivity index (χ1v) is 6.61. The molecule has 6 nitrogen and oxygen atoms in total. The van der Waals surface area contributed by atoms with Gasteiger partial charge in [0.05, 0.1) is 11.1 Å². The van der Waals surface area contributed by atoms with Gasteiger partial charge < -0.3 is 10.3 Å². The fourth-order valence-electron chi connectivity index (χ4n) is 1.49. The molecule has 19 heavy (non-hydrogen) atoms. The highest BCUT2D eigenvalue weighted by atomic mass is 32.2. The Labute approximate surface area is 113 Å². The second-order valence-corrected chi connectivity index (χ2v) is 4.59. The van der Waals surface area contributed by atoms with Crippen LogP contribution in [0, 0.1) is 10.1 Å². The van der Waals surface area contributed by atoms with Crippen molar-refractivity contribution in [2.75, 3.05) is 11.6 Å². The van der Waals surface area contributed by atoms with Gasteiger partial charge in [0.1, 0.15) is 5.69 Å². The van der Waals surface area contributed by atoms with Crippen molar-refractivity contribution in [3.8, 4) is 0 Å². The van der Waals surface area contributed by atoms with E-state index < -0.39 is 10.8 Å². The van der Waals surface area contributed by atoms with Crippen LogP contribution in [0.5, 0.6) is 0 Å². The summed E-state index contributed by atoms with van der Waals surface area (Å²) in [6.45, 7) is 0. The number of thioether (sulfide) groups is 1. The average molecular weight is 277 g/mol. The van der Waals surface area contributed by atoms with Crippen LogP contribution in [0.4, 0.5) is 11.4 Å². The third-order valence-corrected chi connectivity index (χ3v) is 3.21. The second-order valence-electron chi connectivity index (χ2n) is 3.71. The minimum atomic E-state index is -0.555. The van der Waals surface area contributed by atoms with Gasteiger partial charge in [-0.05, 0) is 30.5 Å². The number of nitro groups is 1. The molecule has 1 heterocycles. The van der Waals surface area contributed by atoms with Crippen molar-refractivity contribution >= 4 is 29.0 Å². The quantitative estimate of drug-likeness (QED) is 0.511. The van der Waals surface area contributed by atoms with E-state index in [2.05, 4.69) is 10.3 Å². The fourth-order valence-corrected chi connectivity index (χ4v) is 1.90. The van der Waals surface area contributed by atoms with E-state index in [4.69, 9.17) is 0 Å². The molecule has 2 N–H and O–H groups in total. The van der Waals surface area contributed by atoms with Gasteiger partial charge in [-0.25, -0.2) is 0 Å². The Bertz CT molecular complexity index is 607. The van der Waals surface area contributed by atoms with E-state index in [0.29, 0.717) is 5.69 Å². The Balaban J connectivity index is 2.08. The Hall–Kier alpha value is -2.28. The highest BCUT2D eigenvalue weighted by molar-refractivity contribution is 7.98. The number of amides is 1. The Morgan fingerprint density at radius 1 is 1.37 bits per heavy atom. The van der Waals surface area contributed by atoms with E-state index in [1.165, 1.54) is 12.3 Å². The van der Waals surface area contributed by atoms with Gasteiger partial charge in [-0.2, -0.15) is 0 Å². The lowest BCUT2D eigenvalue weighted by Gasteiger charge is -2.04. The summed E-state index contributed by atoms with van der Waals surface area (Å²) in [7, 11) is 0. The maximum absolute atomic E-state index is 11.8. The van der Waals surface area contributed by atoms with E-state index in [1.54, 1.807) is 23.9 Å². The minimum Gasteiger partial charge on any atom is -0.351 e. The molecule has 0 aliphatic rings. The van der Waals surface area contributed by atoms with Crippen LogP contribution in [-0.4, -0.2) is 22.1 Å². The van der Waals surface area contributed by atoms with E-state index in [0.717, 1.165) is 4.90 Å². The maximum Gasteiger partial charge on any atom is 0.287 e. The van der Waals surface area contributed by atoms with E-state index >= 15 is 0 Å². The number of anilines is 1. The van der Waals surface area contributed by atoms with Gasteiger partial charge in [-0.3, -0.25) is 14.9 Å². The number of carbonyl (C=O) groups excluding carboxylic acids is 1. The second kappa shape index (κ2) is 5.57. The number of aromatic nitrogens is 1. The van der Waals surface area contributed by atoms with E-state index in [-0.39, 0.29) is 11.4 Å². The normalized spacial score (nSPS) is 10.2. The summed E-state index contributed by atoms with van der Waals surface area (Å²) in [6, 6.07) is 8.53. The van der Waals surface area contributed by atoms with Crippen LogP contribution in [0.2, 0.25) is 0 Å². The van der Waals surface area contributed by atoms with Crippen LogP contribution in [0.3, 0.4) is 0 Å². The minimum absolute atomic E-state index is 0.136. The molecule has 0 saturated heterocycles. The SMILES string of the molecule is CSc1ccc(NC(=O)c2cc([N+](=O)[O-])c[nH]2)cc1. The maximum atomic E-state index is 11.8. The molecule has 2 aromatic rings. The smallest absolute Gasteiger partial charge is 0.287 e. The first-order chi connectivity index (χ1) is 9.10. The molecule has 0 spiro atoms. The number of aromatic amines is 1. The summed E-state index contributed by atoms with van der Waals surface area (Å²) in [4.78, 5) is 25.5. The Morgan fingerprint density at radius 3 is 2.58 bits per heavy atom. The topological polar surface area (TPSA) is 88.0 Å².